The van der Waals surface area contributed by atoms with E-state index in [1.54, 1.807) is 0 Å². The second kappa shape index (κ2) is 7.42. The summed E-state index contributed by atoms with van der Waals surface area (Å²) in [6, 6.07) is 0.375. The first-order valence-electron chi connectivity index (χ1n) is 6.15. The van der Waals surface area contributed by atoms with E-state index in [4.69, 9.17) is 0 Å². The molecule has 1 fully saturated rings. The third-order valence-electron chi connectivity index (χ3n) is 3.05. The number of nitrogens with one attached hydrogen (secondary N) is 1. The molecule has 2 nitrogen and oxygen atoms in total. The lowest BCUT2D eigenvalue weighted by atomic mass is 10.1. The van der Waals surface area contributed by atoms with Crippen LogP contribution in [0.5, 0.6) is 0 Å². The van der Waals surface area contributed by atoms with Crippen LogP contribution in [0.2, 0.25) is 0 Å². The van der Waals surface area contributed by atoms with Crippen molar-refractivity contribution in [3.63, 3.8) is 0 Å². The Morgan fingerprint density at radius 3 is 2.62 bits per heavy atom. The second-order valence-corrected chi connectivity index (χ2v) is 4.31. The predicted molar refractivity (Wildman–Crippen MR) is 71.6 cm³/mol. The van der Waals surface area contributed by atoms with Gasteiger partial charge in [-0.3, -0.25) is 0 Å². The standard InChI is InChI=1S/C14H24N2/c1-4-5-6-9-13(2)14(15-3)12-16-10-7-8-11-16/h4-6,9,14-15H,2,7-8,10-12H2,1,3H3. The highest BCUT2D eigenvalue weighted by atomic mass is 15.2. The molecule has 0 bridgehead atoms. The molecule has 1 aliphatic heterocycles. The molecular weight excluding hydrogens is 196 g/mol. The molecule has 0 aliphatic carbocycles. The highest BCUT2D eigenvalue weighted by Gasteiger charge is 2.16. The molecule has 0 aromatic heterocycles. The average Bonchev–Trinajstić information content (AvgIpc) is 2.78. The Kier molecular flexibility index (Phi) is 6.12. The first-order chi connectivity index (χ1) is 7.77. The number of allylic oxidation sites excluding steroid dienone is 3. The van der Waals surface area contributed by atoms with Crippen LogP contribution < -0.4 is 5.32 Å². The van der Waals surface area contributed by atoms with Gasteiger partial charge in [-0.1, -0.05) is 30.9 Å². The van der Waals surface area contributed by atoms with Crippen molar-refractivity contribution in [3.05, 3.63) is 36.5 Å². The molecule has 0 amide bonds. The van der Waals surface area contributed by atoms with E-state index in [1.807, 2.05) is 26.1 Å². The first kappa shape index (κ1) is 13.2. The van der Waals surface area contributed by atoms with Gasteiger partial charge in [-0.2, -0.15) is 0 Å². The lowest BCUT2D eigenvalue weighted by molar-refractivity contribution is 0.313. The molecule has 1 heterocycles. The summed E-state index contributed by atoms with van der Waals surface area (Å²) in [7, 11) is 2.01. The maximum Gasteiger partial charge on any atom is 0.0440 e. The van der Waals surface area contributed by atoms with E-state index in [9.17, 15) is 0 Å². The van der Waals surface area contributed by atoms with Gasteiger partial charge in [0.25, 0.3) is 0 Å². The summed E-state index contributed by atoms with van der Waals surface area (Å²) in [6.07, 6.45) is 10.9. The van der Waals surface area contributed by atoms with Crippen molar-refractivity contribution in [2.24, 2.45) is 0 Å². The monoisotopic (exact) mass is 220 g/mol. The molecule has 1 aliphatic rings. The van der Waals surface area contributed by atoms with Crippen LogP contribution in [0, 0.1) is 0 Å². The predicted octanol–water partition coefficient (Wildman–Crippen LogP) is 2.36. The number of rotatable bonds is 6. The minimum Gasteiger partial charge on any atom is -0.312 e. The molecular formula is C14H24N2. The topological polar surface area (TPSA) is 15.3 Å². The fourth-order valence-corrected chi connectivity index (χ4v) is 2.02. The van der Waals surface area contributed by atoms with Crippen molar-refractivity contribution in [3.8, 4) is 0 Å². The molecule has 1 atom stereocenters. The molecule has 0 radical (unpaired) electrons. The molecule has 0 aromatic rings. The zero-order chi connectivity index (χ0) is 11.8. The van der Waals surface area contributed by atoms with E-state index >= 15 is 0 Å². The molecule has 90 valence electrons. The quantitative estimate of drug-likeness (QED) is 0.691. The number of hydrogen-bond donors (Lipinski definition) is 1. The van der Waals surface area contributed by atoms with Crippen molar-refractivity contribution in [1.29, 1.82) is 0 Å². The van der Waals surface area contributed by atoms with Crippen LogP contribution in [0.4, 0.5) is 0 Å². The number of likely N-dealkylation sites (tertiary alicyclic amines) is 1. The van der Waals surface area contributed by atoms with Crippen LogP contribution in [0.3, 0.4) is 0 Å². The Bertz CT molecular complexity index is 260. The molecule has 1 unspecified atom stereocenters. The lowest BCUT2D eigenvalue weighted by Crippen LogP contribution is -2.38. The highest BCUT2D eigenvalue weighted by Crippen LogP contribution is 2.11. The van der Waals surface area contributed by atoms with Crippen LogP contribution in [0.25, 0.3) is 0 Å². The summed E-state index contributed by atoms with van der Waals surface area (Å²) < 4.78 is 0. The molecule has 0 aromatic carbocycles. The number of likely N-dealkylation sites (N-methyl/N-ethyl adjacent to an activating group) is 1. The van der Waals surface area contributed by atoms with Crippen molar-refractivity contribution < 1.29 is 0 Å². The molecule has 1 saturated heterocycles. The van der Waals surface area contributed by atoms with Crippen molar-refractivity contribution >= 4 is 0 Å². The summed E-state index contributed by atoms with van der Waals surface area (Å²) >= 11 is 0. The van der Waals surface area contributed by atoms with Gasteiger partial charge in [-0.25, -0.2) is 0 Å². The van der Waals surface area contributed by atoms with Crippen LogP contribution in [-0.2, 0) is 0 Å². The Morgan fingerprint density at radius 2 is 2.06 bits per heavy atom. The molecule has 1 N–H and O–H groups in total. The van der Waals surface area contributed by atoms with Gasteiger partial charge in [0, 0.05) is 12.6 Å². The fourth-order valence-electron chi connectivity index (χ4n) is 2.02. The van der Waals surface area contributed by atoms with E-state index < -0.39 is 0 Å². The average molecular weight is 220 g/mol. The second-order valence-electron chi connectivity index (χ2n) is 4.31. The Labute approximate surface area is 99.7 Å². The minimum absolute atomic E-state index is 0.375. The van der Waals surface area contributed by atoms with E-state index in [2.05, 4.69) is 28.9 Å². The van der Waals surface area contributed by atoms with Crippen LogP contribution in [0.1, 0.15) is 19.8 Å². The summed E-state index contributed by atoms with van der Waals surface area (Å²) in [5, 5.41) is 3.34. The van der Waals surface area contributed by atoms with Gasteiger partial charge in [0.1, 0.15) is 0 Å². The molecule has 0 spiro atoms. The summed E-state index contributed by atoms with van der Waals surface area (Å²) in [5.74, 6) is 0. The van der Waals surface area contributed by atoms with Gasteiger partial charge >= 0.3 is 0 Å². The maximum atomic E-state index is 4.13. The Morgan fingerprint density at radius 1 is 1.38 bits per heavy atom. The van der Waals surface area contributed by atoms with Crippen molar-refractivity contribution in [2.75, 3.05) is 26.7 Å². The zero-order valence-electron chi connectivity index (χ0n) is 10.6. The Balaban J connectivity index is 2.42. The van der Waals surface area contributed by atoms with Gasteiger partial charge in [-0.05, 0) is 45.5 Å². The molecule has 0 saturated carbocycles. The smallest absolute Gasteiger partial charge is 0.0440 e. The third-order valence-corrected chi connectivity index (χ3v) is 3.05. The third kappa shape index (κ3) is 4.33. The molecule has 2 heteroatoms. The maximum absolute atomic E-state index is 4.13. The normalized spacial score (nSPS) is 19.9. The number of nitrogens with zero attached hydrogens (tertiary/aromatic N) is 1. The fraction of sp³-hybridized carbons (Fsp3) is 0.571. The Hall–Kier alpha value is -0.860. The van der Waals surface area contributed by atoms with Gasteiger partial charge in [0.05, 0.1) is 0 Å². The van der Waals surface area contributed by atoms with E-state index in [1.165, 1.54) is 25.9 Å². The van der Waals surface area contributed by atoms with Gasteiger partial charge in [0.15, 0.2) is 0 Å². The van der Waals surface area contributed by atoms with Crippen molar-refractivity contribution in [1.82, 2.24) is 10.2 Å². The largest absolute Gasteiger partial charge is 0.312 e. The highest BCUT2D eigenvalue weighted by molar-refractivity contribution is 5.24. The van der Waals surface area contributed by atoms with Gasteiger partial charge < -0.3 is 10.2 Å². The van der Waals surface area contributed by atoms with E-state index in [0.717, 1.165) is 12.1 Å². The summed E-state index contributed by atoms with van der Waals surface area (Å²) in [6.45, 7) is 9.71. The van der Waals surface area contributed by atoms with Crippen LogP contribution in [0.15, 0.2) is 36.5 Å². The molecule has 16 heavy (non-hydrogen) atoms. The first-order valence-corrected chi connectivity index (χ1v) is 6.15. The van der Waals surface area contributed by atoms with E-state index in [0.29, 0.717) is 6.04 Å². The van der Waals surface area contributed by atoms with Crippen LogP contribution >= 0.6 is 0 Å². The van der Waals surface area contributed by atoms with Crippen LogP contribution in [-0.4, -0.2) is 37.6 Å². The zero-order valence-corrected chi connectivity index (χ0v) is 10.6. The van der Waals surface area contributed by atoms with Crippen molar-refractivity contribution in [2.45, 2.75) is 25.8 Å². The summed E-state index contributed by atoms with van der Waals surface area (Å²) in [4.78, 5) is 2.51. The SMILES string of the molecule is C=C(C=CC=CC)C(CN1CCCC1)NC. The lowest BCUT2D eigenvalue weighted by Gasteiger charge is -2.23. The van der Waals surface area contributed by atoms with Gasteiger partial charge in [-0.15, -0.1) is 0 Å². The summed E-state index contributed by atoms with van der Waals surface area (Å²) in [5.41, 5.74) is 1.16. The molecule has 1 rings (SSSR count). The minimum atomic E-state index is 0.375. The van der Waals surface area contributed by atoms with Gasteiger partial charge in [0.2, 0.25) is 0 Å². The number of hydrogen-bond acceptors (Lipinski definition) is 2. The van der Waals surface area contributed by atoms with E-state index in [-0.39, 0.29) is 0 Å².